The summed E-state index contributed by atoms with van der Waals surface area (Å²) in [6.45, 7) is 5.77. The summed E-state index contributed by atoms with van der Waals surface area (Å²) in [5.74, 6) is 0.223. The van der Waals surface area contributed by atoms with Gasteiger partial charge < -0.3 is 18.9 Å². The van der Waals surface area contributed by atoms with Gasteiger partial charge in [0.1, 0.15) is 5.76 Å². The highest BCUT2D eigenvalue weighted by atomic mass is 16.5. The number of hydrogen-bond donors (Lipinski definition) is 1. The minimum atomic E-state index is -0.239. The third-order valence-corrected chi connectivity index (χ3v) is 4.48. The molecule has 3 heterocycles. The molecule has 9 heteroatoms. The molecular weight excluding hydrogens is 340 g/mol. The first-order valence-corrected chi connectivity index (χ1v) is 9.08. The number of morpholine rings is 1. The van der Waals surface area contributed by atoms with Crippen molar-refractivity contribution in [3.8, 4) is 0 Å². The van der Waals surface area contributed by atoms with Crippen molar-refractivity contribution in [2.45, 2.75) is 32.3 Å². The van der Waals surface area contributed by atoms with Crippen LogP contribution in [0.5, 0.6) is 0 Å². The Hall–Kier alpha value is -1.97. The van der Waals surface area contributed by atoms with Gasteiger partial charge in [-0.1, -0.05) is 5.16 Å². The van der Waals surface area contributed by atoms with E-state index >= 15 is 0 Å². The van der Waals surface area contributed by atoms with E-state index in [4.69, 9.17) is 14.0 Å². The highest BCUT2D eigenvalue weighted by Gasteiger charge is 2.26. The summed E-state index contributed by atoms with van der Waals surface area (Å²) in [6, 6.07) is 1.61. The van der Waals surface area contributed by atoms with Crippen molar-refractivity contribution in [2.75, 3.05) is 46.0 Å². The fraction of sp³-hybridized carbons (Fsp3) is 0.706. The van der Waals surface area contributed by atoms with E-state index in [1.54, 1.807) is 17.9 Å². The van der Waals surface area contributed by atoms with Gasteiger partial charge in [0.25, 0.3) is 5.91 Å². The first-order valence-electron chi connectivity index (χ1n) is 9.08. The predicted octanol–water partition coefficient (Wildman–Crippen LogP) is 0.358. The maximum absolute atomic E-state index is 12.7. The van der Waals surface area contributed by atoms with E-state index in [2.05, 4.69) is 10.6 Å². The molecule has 2 saturated heterocycles. The maximum atomic E-state index is 12.7. The number of carbonyl (C=O) groups excluding carboxylic acids is 2. The minimum absolute atomic E-state index is 0.00857. The second-order valence-corrected chi connectivity index (χ2v) is 6.59. The Labute approximate surface area is 152 Å². The molecule has 0 aromatic carbocycles. The number of amides is 2. The zero-order valence-corrected chi connectivity index (χ0v) is 15.1. The lowest BCUT2D eigenvalue weighted by Gasteiger charge is -2.28. The van der Waals surface area contributed by atoms with Crippen LogP contribution in [0, 0.1) is 6.92 Å². The molecule has 2 aliphatic rings. The Morgan fingerprint density at radius 2 is 2.15 bits per heavy atom. The van der Waals surface area contributed by atoms with Gasteiger partial charge in [0, 0.05) is 45.3 Å². The SMILES string of the molecule is Cc1cc(C(=O)N(CCC(=O)NN2CCOCC2)CC2CCCO2)no1. The Bertz CT molecular complexity index is 608. The number of aryl methyl sites for hydroxylation is 1. The van der Waals surface area contributed by atoms with Crippen molar-refractivity contribution < 1.29 is 23.6 Å². The van der Waals surface area contributed by atoms with Crippen LogP contribution in [0.15, 0.2) is 10.6 Å². The average Bonchev–Trinajstić information content (AvgIpc) is 3.30. The highest BCUT2D eigenvalue weighted by molar-refractivity contribution is 5.92. The largest absolute Gasteiger partial charge is 0.379 e. The molecule has 26 heavy (non-hydrogen) atoms. The van der Waals surface area contributed by atoms with E-state index in [1.165, 1.54) is 0 Å². The average molecular weight is 366 g/mol. The molecule has 0 radical (unpaired) electrons. The summed E-state index contributed by atoms with van der Waals surface area (Å²) in [4.78, 5) is 26.6. The zero-order valence-electron chi connectivity index (χ0n) is 15.1. The molecule has 2 aliphatic heterocycles. The first kappa shape index (κ1) is 18.8. The lowest BCUT2D eigenvalue weighted by Crippen LogP contribution is -2.49. The maximum Gasteiger partial charge on any atom is 0.276 e. The second-order valence-electron chi connectivity index (χ2n) is 6.59. The molecule has 0 saturated carbocycles. The molecule has 1 atom stereocenters. The van der Waals surface area contributed by atoms with Gasteiger partial charge in [-0.05, 0) is 19.8 Å². The predicted molar refractivity (Wildman–Crippen MR) is 91.3 cm³/mol. The van der Waals surface area contributed by atoms with Crippen LogP contribution in [-0.2, 0) is 14.3 Å². The summed E-state index contributed by atoms with van der Waals surface area (Å²) in [5.41, 5.74) is 3.12. The molecule has 0 aliphatic carbocycles. The molecule has 9 nitrogen and oxygen atoms in total. The molecule has 0 spiro atoms. The van der Waals surface area contributed by atoms with Crippen molar-refractivity contribution >= 4 is 11.8 Å². The van der Waals surface area contributed by atoms with Crippen molar-refractivity contribution in [3.63, 3.8) is 0 Å². The summed E-state index contributed by atoms with van der Waals surface area (Å²) < 4.78 is 15.9. The van der Waals surface area contributed by atoms with Crippen molar-refractivity contribution in [1.82, 2.24) is 20.5 Å². The lowest BCUT2D eigenvalue weighted by atomic mass is 10.2. The monoisotopic (exact) mass is 366 g/mol. The van der Waals surface area contributed by atoms with Crippen LogP contribution in [0.4, 0.5) is 0 Å². The third-order valence-electron chi connectivity index (χ3n) is 4.48. The molecular formula is C17H26N4O5. The molecule has 0 bridgehead atoms. The summed E-state index contributed by atoms with van der Waals surface area (Å²) in [6.07, 6.45) is 2.14. The van der Waals surface area contributed by atoms with Gasteiger partial charge in [0.15, 0.2) is 5.69 Å². The summed E-state index contributed by atoms with van der Waals surface area (Å²) >= 11 is 0. The van der Waals surface area contributed by atoms with Crippen molar-refractivity contribution in [2.24, 2.45) is 0 Å². The van der Waals surface area contributed by atoms with Gasteiger partial charge in [0.2, 0.25) is 5.91 Å². The number of nitrogens with zero attached hydrogens (tertiary/aromatic N) is 3. The fourth-order valence-corrected chi connectivity index (χ4v) is 3.08. The summed E-state index contributed by atoms with van der Waals surface area (Å²) in [7, 11) is 0. The van der Waals surface area contributed by atoms with Crippen molar-refractivity contribution in [1.29, 1.82) is 0 Å². The molecule has 2 fully saturated rings. The van der Waals surface area contributed by atoms with Gasteiger partial charge in [-0.15, -0.1) is 0 Å². The molecule has 2 amide bonds. The van der Waals surface area contributed by atoms with Crippen molar-refractivity contribution in [3.05, 3.63) is 17.5 Å². The smallest absolute Gasteiger partial charge is 0.276 e. The molecule has 1 aromatic heterocycles. The van der Waals surface area contributed by atoms with Gasteiger partial charge in [0.05, 0.1) is 19.3 Å². The van der Waals surface area contributed by atoms with Gasteiger partial charge >= 0.3 is 0 Å². The van der Waals surface area contributed by atoms with Gasteiger partial charge in [-0.3, -0.25) is 15.0 Å². The van der Waals surface area contributed by atoms with Crippen LogP contribution < -0.4 is 5.43 Å². The number of ether oxygens (including phenoxy) is 2. The lowest BCUT2D eigenvalue weighted by molar-refractivity contribution is -0.128. The minimum Gasteiger partial charge on any atom is -0.379 e. The molecule has 144 valence electrons. The normalized spacial score (nSPS) is 20.9. The van der Waals surface area contributed by atoms with E-state index < -0.39 is 0 Å². The quantitative estimate of drug-likeness (QED) is 0.744. The highest BCUT2D eigenvalue weighted by Crippen LogP contribution is 2.15. The molecule has 3 rings (SSSR count). The molecule has 1 N–H and O–H groups in total. The fourth-order valence-electron chi connectivity index (χ4n) is 3.08. The number of rotatable bonds is 7. The Morgan fingerprint density at radius 3 is 2.81 bits per heavy atom. The summed E-state index contributed by atoms with van der Waals surface area (Å²) in [5, 5.41) is 5.65. The van der Waals surface area contributed by atoms with Gasteiger partial charge in [-0.25, -0.2) is 5.01 Å². The van der Waals surface area contributed by atoms with Crippen LogP contribution >= 0.6 is 0 Å². The van der Waals surface area contributed by atoms with E-state index in [0.717, 1.165) is 12.8 Å². The second kappa shape index (κ2) is 9.11. The van der Waals surface area contributed by atoms with Crippen LogP contribution in [0.2, 0.25) is 0 Å². The number of hydrazine groups is 1. The zero-order chi connectivity index (χ0) is 18.4. The van der Waals surface area contributed by atoms with E-state index in [1.807, 2.05) is 5.01 Å². The first-order chi connectivity index (χ1) is 12.6. The van der Waals surface area contributed by atoms with E-state index in [-0.39, 0.29) is 30.0 Å². The molecule has 1 aromatic rings. The Balaban J connectivity index is 1.55. The van der Waals surface area contributed by atoms with Crippen LogP contribution in [-0.4, -0.2) is 79.0 Å². The van der Waals surface area contributed by atoms with E-state index in [0.29, 0.717) is 51.8 Å². The molecule has 1 unspecified atom stereocenters. The standard InChI is InChI=1S/C17H26N4O5/c1-13-11-15(19-26-13)17(23)20(12-14-3-2-8-25-14)5-4-16(22)18-21-6-9-24-10-7-21/h11,14H,2-10,12H2,1H3,(H,18,22). The Kier molecular flexibility index (Phi) is 6.59. The number of hydrogen-bond acceptors (Lipinski definition) is 7. The van der Waals surface area contributed by atoms with Crippen LogP contribution in [0.1, 0.15) is 35.5 Å². The van der Waals surface area contributed by atoms with Crippen LogP contribution in [0.25, 0.3) is 0 Å². The number of carbonyl (C=O) groups is 2. The van der Waals surface area contributed by atoms with E-state index in [9.17, 15) is 9.59 Å². The van der Waals surface area contributed by atoms with Crippen LogP contribution in [0.3, 0.4) is 0 Å². The topological polar surface area (TPSA) is 97.1 Å². The van der Waals surface area contributed by atoms with Gasteiger partial charge in [-0.2, -0.15) is 0 Å². The third kappa shape index (κ3) is 5.26. The Morgan fingerprint density at radius 1 is 1.35 bits per heavy atom. The number of aromatic nitrogens is 1. The number of nitrogens with one attached hydrogen (secondary N) is 1.